The number of hydrogen-bond acceptors (Lipinski definition) is 4. The van der Waals surface area contributed by atoms with Crippen LogP contribution in [0, 0.1) is 6.92 Å². The van der Waals surface area contributed by atoms with Gasteiger partial charge in [-0.15, -0.1) is 11.3 Å². The molecule has 0 aliphatic carbocycles. The van der Waals surface area contributed by atoms with Crippen molar-refractivity contribution < 1.29 is 9.90 Å². The third kappa shape index (κ3) is 3.98. The molecule has 0 bridgehead atoms. The number of nitrogens with one attached hydrogen (secondary N) is 1. The summed E-state index contributed by atoms with van der Waals surface area (Å²) in [6.07, 6.45) is 3.53. The number of aromatic nitrogens is 1. The lowest BCUT2D eigenvalue weighted by Gasteiger charge is -2.33. The Morgan fingerprint density at radius 1 is 1.55 bits per heavy atom. The second-order valence-electron chi connectivity index (χ2n) is 6.45. The number of nitrogens with zero attached hydrogens (tertiary/aromatic N) is 2. The maximum absolute atomic E-state index is 12.3. The maximum Gasteiger partial charge on any atom is 0.317 e. The number of thiazole rings is 1. The number of carbonyl (C=O) groups excluding carboxylic acids is 1. The van der Waals surface area contributed by atoms with Crippen molar-refractivity contribution in [2.75, 3.05) is 13.1 Å². The highest BCUT2D eigenvalue weighted by atomic mass is 32.1. The molecule has 0 saturated carbocycles. The summed E-state index contributed by atoms with van der Waals surface area (Å²) in [6.45, 7) is 9.05. The lowest BCUT2D eigenvalue weighted by atomic mass is 9.97. The van der Waals surface area contributed by atoms with Crippen LogP contribution in [0.1, 0.15) is 49.2 Å². The summed E-state index contributed by atoms with van der Waals surface area (Å²) in [7, 11) is 0. The van der Waals surface area contributed by atoms with E-state index in [1.54, 1.807) is 30.1 Å². The Kier molecular flexibility index (Phi) is 5.45. The van der Waals surface area contributed by atoms with Crippen LogP contribution in [0.2, 0.25) is 0 Å². The van der Waals surface area contributed by atoms with E-state index in [4.69, 9.17) is 0 Å². The van der Waals surface area contributed by atoms with Crippen LogP contribution in [0.25, 0.3) is 0 Å². The second kappa shape index (κ2) is 6.96. The molecule has 0 unspecified atom stereocenters. The lowest BCUT2D eigenvalue weighted by molar-refractivity contribution is 0.00986. The molecule has 2 rings (SSSR count). The SMILES string of the molecule is CCc1nc(CCNC(=O)N2CCC[C@H]2C(C)(C)O)sc1C. The summed E-state index contributed by atoms with van der Waals surface area (Å²) in [6, 6.07) is -0.171. The summed E-state index contributed by atoms with van der Waals surface area (Å²) >= 11 is 1.71. The highest BCUT2D eigenvalue weighted by molar-refractivity contribution is 7.11. The van der Waals surface area contributed by atoms with Crippen molar-refractivity contribution in [3.8, 4) is 0 Å². The van der Waals surface area contributed by atoms with Gasteiger partial charge in [-0.1, -0.05) is 6.92 Å². The number of hydrogen-bond donors (Lipinski definition) is 2. The maximum atomic E-state index is 12.3. The number of likely N-dealkylation sites (tertiary alicyclic amines) is 1. The standard InChI is InChI=1S/C16H27N3O2S/c1-5-12-11(2)22-14(18-12)8-9-17-15(20)19-10-6-7-13(19)16(3,4)21/h13,21H,5-10H2,1-4H3,(H,17,20)/t13-/m0/s1. The molecule has 1 aliphatic heterocycles. The first-order valence-electron chi connectivity index (χ1n) is 8.05. The van der Waals surface area contributed by atoms with Crippen LogP contribution in [0.5, 0.6) is 0 Å². The monoisotopic (exact) mass is 325 g/mol. The van der Waals surface area contributed by atoms with Crippen molar-refractivity contribution in [1.29, 1.82) is 0 Å². The molecular formula is C16H27N3O2S. The fourth-order valence-corrected chi connectivity index (χ4v) is 4.07. The fourth-order valence-electron chi connectivity index (χ4n) is 3.04. The molecule has 2 amide bonds. The summed E-state index contributed by atoms with van der Waals surface area (Å²) in [5, 5.41) is 14.2. The van der Waals surface area contributed by atoms with Gasteiger partial charge in [0.1, 0.15) is 0 Å². The van der Waals surface area contributed by atoms with Gasteiger partial charge in [0.15, 0.2) is 0 Å². The summed E-state index contributed by atoms with van der Waals surface area (Å²) in [5.41, 5.74) is 0.309. The van der Waals surface area contributed by atoms with Gasteiger partial charge < -0.3 is 15.3 Å². The molecule has 2 heterocycles. The van der Waals surface area contributed by atoms with E-state index in [2.05, 4.69) is 24.1 Å². The molecular weight excluding hydrogens is 298 g/mol. The van der Waals surface area contributed by atoms with Crippen LogP contribution < -0.4 is 5.32 Å². The first-order chi connectivity index (χ1) is 10.3. The van der Waals surface area contributed by atoms with Gasteiger partial charge in [-0.05, 0) is 40.0 Å². The van der Waals surface area contributed by atoms with E-state index in [9.17, 15) is 9.90 Å². The first-order valence-corrected chi connectivity index (χ1v) is 8.86. The molecule has 0 aromatic carbocycles. The Hall–Kier alpha value is -1.14. The zero-order chi connectivity index (χ0) is 16.3. The van der Waals surface area contributed by atoms with Crippen molar-refractivity contribution in [1.82, 2.24) is 15.2 Å². The summed E-state index contributed by atoms with van der Waals surface area (Å²) in [4.78, 5) is 19.9. The van der Waals surface area contributed by atoms with E-state index in [0.717, 1.165) is 42.9 Å². The summed E-state index contributed by atoms with van der Waals surface area (Å²) < 4.78 is 0. The van der Waals surface area contributed by atoms with Crippen LogP contribution in [-0.2, 0) is 12.8 Å². The van der Waals surface area contributed by atoms with Crippen LogP contribution in [0.15, 0.2) is 0 Å². The van der Waals surface area contributed by atoms with Gasteiger partial charge in [0.25, 0.3) is 0 Å². The average molecular weight is 325 g/mol. The van der Waals surface area contributed by atoms with Crippen molar-refractivity contribution in [3.63, 3.8) is 0 Å². The molecule has 0 radical (unpaired) electrons. The zero-order valence-electron chi connectivity index (χ0n) is 14.0. The number of carbonyl (C=O) groups is 1. The predicted molar refractivity (Wildman–Crippen MR) is 89.4 cm³/mol. The van der Waals surface area contributed by atoms with Gasteiger partial charge in [0.2, 0.25) is 0 Å². The third-order valence-electron chi connectivity index (χ3n) is 4.22. The van der Waals surface area contributed by atoms with Crippen LogP contribution in [-0.4, -0.2) is 45.8 Å². The minimum absolute atomic E-state index is 0.0754. The Bertz CT molecular complexity index is 522. The smallest absolute Gasteiger partial charge is 0.317 e. The van der Waals surface area contributed by atoms with Gasteiger partial charge in [0.05, 0.1) is 22.3 Å². The van der Waals surface area contributed by atoms with Gasteiger partial charge in [0, 0.05) is 24.4 Å². The molecule has 22 heavy (non-hydrogen) atoms. The Morgan fingerprint density at radius 2 is 2.27 bits per heavy atom. The molecule has 1 saturated heterocycles. The van der Waals surface area contributed by atoms with E-state index in [0.29, 0.717) is 6.54 Å². The third-order valence-corrected chi connectivity index (χ3v) is 5.29. The molecule has 1 fully saturated rings. The molecule has 5 nitrogen and oxygen atoms in total. The molecule has 1 aliphatic rings. The number of aryl methyl sites for hydroxylation is 2. The second-order valence-corrected chi connectivity index (χ2v) is 7.74. The number of amides is 2. The highest BCUT2D eigenvalue weighted by Gasteiger charge is 2.38. The van der Waals surface area contributed by atoms with E-state index in [-0.39, 0.29) is 12.1 Å². The quantitative estimate of drug-likeness (QED) is 0.874. The molecule has 6 heteroatoms. The minimum atomic E-state index is -0.851. The molecule has 124 valence electrons. The zero-order valence-corrected chi connectivity index (χ0v) is 14.8. The van der Waals surface area contributed by atoms with Crippen LogP contribution >= 0.6 is 11.3 Å². The Balaban J connectivity index is 1.84. The van der Waals surface area contributed by atoms with Gasteiger partial charge in [-0.2, -0.15) is 0 Å². The van der Waals surface area contributed by atoms with Crippen molar-refractivity contribution in [2.24, 2.45) is 0 Å². The van der Waals surface area contributed by atoms with Crippen molar-refractivity contribution >= 4 is 17.4 Å². The number of rotatable bonds is 5. The van der Waals surface area contributed by atoms with Gasteiger partial charge in [-0.3, -0.25) is 0 Å². The Morgan fingerprint density at radius 3 is 2.86 bits per heavy atom. The normalized spacial score (nSPS) is 18.8. The largest absolute Gasteiger partial charge is 0.388 e. The average Bonchev–Trinajstić information content (AvgIpc) is 3.04. The molecule has 0 spiro atoms. The van der Waals surface area contributed by atoms with Gasteiger partial charge >= 0.3 is 6.03 Å². The highest BCUT2D eigenvalue weighted by Crippen LogP contribution is 2.26. The first kappa shape index (κ1) is 17.2. The minimum Gasteiger partial charge on any atom is -0.388 e. The van der Waals surface area contributed by atoms with E-state index in [1.165, 1.54) is 4.88 Å². The van der Waals surface area contributed by atoms with Crippen LogP contribution in [0.3, 0.4) is 0 Å². The molecule has 1 aromatic heterocycles. The van der Waals surface area contributed by atoms with E-state index >= 15 is 0 Å². The molecule has 1 atom stereocenters. The molecule has 1 aromatic rings. The number of aliphatic hydroxyl groups is 1. The summed E-state index contributed by atoms with van der Waals surface area (Å²) in [5.74, 6) is 0. The van der Waals surface area contributed by atoms with Gasteiger partial charge in [-0.25, -0.2) is 9.78 Å². The van der Waals surface area contributed by atoms with E-state index < -0.39 is 5.60 Å². The fraction of sp³-hybridized carbons (Fsp3) is 0.750. The Labute approximate surface area is 136 Å². The molecule has 2 N–H and O–H groups in total. The number of urea groups is 1. The topological polar surface area (TPSA) is 65.5 Å². The van der Waals surface area contributed by atoms with Crippen molar-refractivity contribution in [2.45, 2.75) is 65.0 Å². The predicted octanol–water partition coefficient (Wildman–Crippen LogP) is 2.50. The van der Waals surface area contributed by atoms with Crippen LogP contribution in [0.4, 0.5) is 4.79 Å². The van der Waals surface area contributed by atoms with E-state index in [1.807, 2.05) is 0 Å². The lowest BCUT2D eigenvalue weighted by Crippen LogP contribution is -2.51. The van der Waals surface area contributed by atoms with Crippen molar-refractivity contribution in [3.05, 3.63) is 15.6 Å².